The fourth-order valence-electron chi connectivity index (χ4n) is 13.0. The van der Waals surface area contributed by atoms with Crippen molar-refractivity contribution >= 4 is 0 Å². The molecule has 4 saturated carbocycles. The van der Waals surface area contributed by atoms with Crippen LogP contribution in [0.2, 0.25) is 0 Å². The second-order valence-corrected chi connectivity index (χ2v) is 16.4. The Morgan fingerprint density at radius 3 is 2.51 bits per heavy atom. The Labute approximate surface area is 237 Å². The van der Waals surface area contributed by atoms with Gasteiger partial charge in [0, 0.05) is 17.6 Å². The van der Waals surface area contributed by atoms with Gasteiger partial charge in [-0.1, -0.05) is 53.1 Å². The van der Waals surface area contributed by atoms with E-state index in [-0.39, 0.29) is 11.7 Å². The first-order chi connectivity index (χ1) is 18.6. The molecule has 1 saturated heterocycles. The quantitative estimate of drug-likeness (QED) is 0.385. The van der Waals surface area contributed by atoms with E-state index in [1.54, 1.807) is 0 Å². The molecule has 0 spiro atoms. The lowest BCUT2D eigenvalue weighted by molar-refractivity contribution is -0.242. The fraction of sp³-hybridized carbons (Fsp3) is 0.914. The van der Waals surface area contributed by atoms with Crippen LogP contribution in [0.15, 0.2) is 10.7 Å². The van der Waals surface area contributed by atoms with Gasteiger partial charge in [-0.05, 0) is 128 Å². The van der Waals surface area contributed by atoms with E-state index in [1.807, 2.05) is 6.20 Å². The zero-order chi connectivity index (χ0) is 27.3. The lowest BCUT2D eigenvalue weighted by Gasteiger charge is -2.72. The van der Waals surface area contributed by atoms with Crippen molar-refractivity contribution in [1.82, 2.24) is 5.16 Å². The molecule has 2 heterocycles. The largest absolute Gasteiger partial charge is 0.361 e. The van der Waals surface area contributed by atoms with Gasteiger partial charge in [-0.15, -0.1) is 0 Å². The summed E-state index contributed by atoms with van der Waals surface area (Å²) in [5.74, 6) is 5.14. The smallest absolute Gasteiger partial charge is 0.157 e. The average Bonchev–Trinajstić information content (AvgIpc) is 3.54. The third-order valence-corrected chi connectivity index (χ3v) is 14.9. The summed E-state index contributed by atoms with van der Waals surface area (Å²) < 4.78 is 18.6. The van der Waals surface area contributed by atoms with Gasteiger partial charge in [0.25, 0.3) is 0 Å². The summed E-state index contributed by atoms with van der Waals surface area (Å²) in [5.41, 5.74) is 2.96. The minimum atomic E-state index is 0.0446. The van der Waals surface area contributed by atoms with E-state index in [0.29, 0.717) is 27.6 Å². The van der Waals surface area contributed by atoms with Crippen LogP contribution in [0.25, 0.3) is 0 Å². The summed E-state index contributed by atoms with van der Waals surface area (Å²) in [6.45, 7) is 17.4. The predicted octanol–water partition coefficient (Wildman–Crippen LogP) is 8.72. The van der Waals surface area contributed by atoms with Gasteiger partial charge in [0.1, 0.15) is 5.76 Å². The lowest BCUT2D eigenvalue weighted by atomic mass is 9.32. The van der Waals surface area contributed by atoms with Crippen molar-refractivity contribution in [1.29, 1.82) is 0 Å². The third-order valence-electron chi connectivity index (χ3n) is 14.9. The van der Waals surface area contributed by atoms with Crippen LogP contribution in [-0.4, -0.2) is 24.7 Å². The van der Waals surface area contributed by atoms with Gasteiger partial charge >= 0.3 is 0 Å². The summed E-state index contributed by atoms with van der Waals surface area (Å²) in [7, 11) is 0. The molecular weight excluding hydrogens is 482 g/mol. The number of hydrogen-bond donors (Lipinski definition) is 0. The van der Waals surface area contributed by atoms with E-state index in [1.165, 1.54) is 82.0 Å². The van der Waals surface area contributed by atoms with Gasteiger partial charge in [-0.25, -0.2) is 0 Å². The zero-order valence-corrected chi connectivity index (χ0v) is 25.8. The van der Waals surface area contributed by atoms with E-state index in [2.05, 4.69) is 46.7 Å². The number of hydrogen-bond acceptors (Lipinski definition) is 4. The molecular formula is C35H55NO3. The number of nitrogens with zero attached hydrogens (tertiary/aromatic N) is 1. The maximum absolute atomic E-state index is 6.66. The number of ether oxygens (including phenoxy) is 2. The zero-order valence-electron chi connectivity index (χ0n) is 25.8. The molecule has 0 radical (unpaired) electrons. The number of aromatic nitrogens is 1. The molecule has 4 nitrogen and oxygen atoms in total. The summed E-state index contributed by atoms with van der Waals surface area (Å²) >= 11 is 0. The Kier molecular flexibility index (Phi) is 6.27. The van der Waals surface area contributed by atoms with Crippen LogP contribution in [0.1, 0.15) is 130 Å². The molecule has 1 unspecified atom stereocenters. The molecule has 0 bridgehead atoms. The van der Waals surface area contributed by atoms with Gasteiger partial charge in [0.15, 0.2) is 6.29 Å². The SMILES string of the molecule is CC[C@@H]1CC[C@]2(COC3CCCCO3)CC[C@]3(C)[C@H](CC[C@@H]4[C@@]5(C)Cc6cnoc6C(C)(C)[C@@H]5CC[C@]43C)[C@@H]12. The Bertz CT molecular complexity index is 1070. The maximum Gasteiger partial charge on any atom is 0.157 e. The highest BCUT2D eigenvalue weighted by Gasteiger charge is 2.70. The molecule has 10 atom stereocenters. The molecule has 218 valence electrons. The van der Waals surface area contributed by atoms with E-state index >= 15 is 0 Å². The lowest BCUT2D eigenvalue weighted by Crippen LogP contribution is -2.66. The molecule has 0 amide bonds. The number of rotatable bonds is 4. The van der Waals surface area contributed by atoms with Crippen molar-refractivity contribution in [3.05, 3.63) is 17.5 Å². The second-order valence-electron chi connectivity index (χ2n) is 16.4. The van der Waals surface area contributed by atoms with Gasteiger partial charge in [-0.3, -0.25) is 0 Å². The Morgan fingerprint density at radius 1 is 0.897 bits per heavy atom. The molecule has 0 aromatic carbocycles. The Morgan fingerprint density at radius 2 is 1.74 bits per heavy atom. The molecule has 0 N–H and O–H groups in total. The standard InChI is InChI=1S/C35H55NO3/c1-7-23-13-16-35(22-38-28-10-8-9-19-37-28)18-17-33(5)25(29(23)35)11-12-27-32(4)20-24-21-36-39-30(24)31(2,3)26(32)14-15-34(27,33)6/h21,23,25-29H,7-20,22H2,1-6H3/t23-,25-,26+,27-,28?,29-,32+,33-,34-,35-/m1/s1. The summed E-state index contributed by atoms with van der Waals surface area (Å²) in [6.07, 6.45) is 19.2. The van der Waals surface area contributed by atoms with Crippen molar-refractivity contribution in [2.24, 2.45) is 51.2 Å². The Balaban J connectivity index is 1.21. The van der Waals surface area contributed by atoms with E-state index in [4.69, 9.17) is 14.0 Å². The maximum atomic E-state index is 6.66. The fourth-order valence-corrected chi connectivity index (χ4v) is 13.0. The minimum Gasteiger partial charge on any atom is -0.361 e. The Hall–Kier alpha value is -0.870. The normalized spacial score (nSPS) is 50.3. The molecule has 1 aromatic rings. The van der Waals surface area contributed by atoms with Crippen molar-refractivity contribution < 1.29 is 14.0 Å². The first kappa shape index (κ1) is 27.0. The van der Waals surface area contributed by atoms with Crippen LogP contribution in [-0.2, 0) is 21.3 Å². The van der Waals surface area contributed by atoms with Crippen molar-refractivity contribution in [3.63, 3.8) is 0 Å². The van der Waals surface area contributed by atoms with Crippen LogP contribution < -0.4 is 0 Å². The predicted molar refractivity (Wildman–Crippen MR) is 154 cm³/mol. The van der Waals surface area contributed by atoms with Gasteiger partial charge in [-0.2, -0.15) is 0 Å². The van der Waals surface area contributed by atoms with E-state index < -0.39 is 0 Å². The molecule has 4 heteroatoms. The van der Waals surface area contributed by atoms with Crippen molar-refractivity contribution in [2.45, 2.75) is 137 Å². The molecule has 5 fully saturated rings. The second kappa shape index (κ2) is 9.06. The summed E-state index contributed by atoms with van der Waals surface area (Å²) in [6, 6.07) is 0. The van der Waals surface area contributed by atoms with Crippen LogP contribution >= 0.6 is 0 Å². The monoisotopic (exact) mass is 537 g/mol. The molecule has 5 aliphatic carbocycles. The molecule has 39 heavy (non-hydrogen) atoms. The van der Waals surface area contributed by atoms with Crippen molar-refractivity contribution in [2.75, 3.05) is 13.2 Å². The molecule has 7 rings (SSSR count). The summed E-state index contributed by atoms with van der Waals surface area (Å²) in [4.78, 5) is 0. The van der Waals surface area contributed by atoms with Gasteiger partial charge in [0.2, 0.25) is 0 Å². The average molecular weight is 538 g/mol. The van der Waals surface area contributed by atoms with Crippen LogP contribution in [0, 0.1) is 51.2 Å². The summed E-state index contributed by atoms with van der Waals surface area (Å²) in [5, 5.41) is 4.31. The highest BCUT2D eigenvalue weighted by molar-refractivity contribution is 5.32. The van der Waals surface area contributed by atoms with Gasteiger partial charge < -0.3 is 14.0 Å². The van der Waals surface area contributed by atoms with Gasteiger partial charge in [0.05, 0.1) is 12.8 Å². The van der Waals surface area contributed by atoms with Crippen LogP contribution in [0.5, 0.6) is 0 Å². The van der Waals surface area contributed by atoms with Crippen LogP contribution in [0.3, 0.4) is 0 Å². The van der Waals surface area contributed by atoms with Crippen LogP contribution in [0.4, 0.5) is 0 Å². The minimum absolute atomic E-state index is 0.0446. The number of fused-ring (bicyclic) bond motifs is 8. The van der Waals surface area contributed by atoms with E-state index in [0.717, 1.165) is 49.7 Å². The topological polar surface area (TPSA) is 44.5 Å². The molecule has 6 aliphatic rings. The highest BCUT2D eigenvalue weighted by Crippen LogP contribution is 2.77. The molecule has 1 aliphatic heterocycles. The van der Waals surface area contributed by atoms with Crippen molar-refractivity contribution in [3.8, 4) is 0 Å². The first-order valence-electron chi connectivity index (χ1n) is 16.8. The molecule has 1 aromatic heterocycles. The third kappa shape index (κ3) is 3.58. The first-order valence-corrected chi connectivity index (χ1v) is 16.8. The van der Waals surface area contributed by atoms with E-state index in [9.17, 15) is 0 Å². The highest BCUT2D eigenvalue weighted by atomic mass is 16.7.